The Bertz CT molecular complexity index is 1070. The van der Waals surface area contributed by atoms with E-state index in [1.54, 1.807) is 4.90 Å². The smallest absolute Gasteiger partial charge is 0.409 e. The Labute approximate surface area is 425 Å². The third-order valence-electron chi connectivity index (χ3n) is 13.1. The van der Waals surface area contributed by atoms with E-state index in [9.17, 15) is 14.4 Å². The van der Waals surface area contributed by atoms with E-state index in [0.717, 1.165) is 64.6 Å². The number of carbonyl (C=O) groups excluding carboxylic acids is 2. The minimum atomic E-state index is -0.783. The summed E-state index contributed by atoms with van der Waals surface area (Å²) in [6.07, 6.45) is 37.2. The van der Waals surface area contributed by atoms with Gasteiger partial charge < -0.3 is 43.3 Å². The molecule has 1 amide bonds. The fraction of sp³-hybridized carbons (Fsp3) is 0.947. The summed E-state index contributed by atoms with van der Waals surface area (Å²) in [5, 5.41) is 8.88. The molecule has 1 aliphatic heterocycles. The Morgan fingerprint density at radius 1 is 0.507 bits per heavy atom. The van der Waals surface area contributed by atoms with Gasteiger partial charge in [0.25, 0.3) is 0 Å². The van der Waals surface area contributed by atoms with E-state index in [-0.39, 0.29) is 43.6 Å². The first-order valence-corrected chi connectivity index (χ1v) is 29.3. The van der Waals surface area contributed by atoms with E-state index in [4.69, 9.17) is 33.5 Å². The molecule has 1 N–H and O–H groups in total. The van der Waals surface area contributed by atoms with Crippen molar-refractivity contribution in [3.05, 3.63) is 0 Å². The van der Waals surface area contributed by atoms with Crippen molar-refractivity contribution >= 4 is 18.0 Å². The lowest BCUT2D eigenvalue weighted by Gasteiger charge is -2.31. The summed E-state index contributed by atoms with van der Waals surface area (Å²) in [5.41, 5.74) is 0. The predicted octanol–water partition coefficient (Wildman–Crippen LogP) is 15.2. The molecule has 0 aliphatic carbocycles. The average Bonchev–Trinajstić information content (AvgIpc) is 3.35. The van der Waals surface area contributed by atoms with E-state index in [2.05, 4.69) is 46.4 Å². The van der Waals surface area contributed by atoms with Crippen molar-refractivity contribution in [1.29, 1.82) is 0 Å². The van der Waals surface area contributed by atoms with Crippen LogP contribution in [-0.2, 0) is 38.0 Å². The average molecular weight is 986 g/mol. The van der Waals surface area contributed by atoms with Gasteiger partial charge in [-0.15, -0.1) is 0 Å². The molecule has 0 aromatic carbocycles. The number of hydrogen-bond donors (Lipinski definition) is 1. The van der Waals surface area contributed by atoms with Gasteiger partial charge in [-0.05, 0) is 58.0 Å². The van der Waals surface area contributed by atoms with Crippen molar-refractivity contribution in [2.24, 2.45) is 0 Å². The summed E-state index contributed by atoms with van der Waals surface area (Å²) in [6, 6.07) is 0. The number of carbonyl (C=O) groups is 3. The molecule has 69 heavy (non-hydrogen) atoms. The number of carboxylic acids is 1. The van der Waals surface area contributed by atoms with Gasteiger partial charge in [-0.1, -0.05) is 196 Å². The van der Waals surface area contributed by atoms with E-state index < -0.39 is 5.97 Å². The van der Waals surface area contributed by atoms with Gasteiger partial charge in [0.05, 0.1) is 26.0 Å². The first kappa shape index (κ1) is 67.0. The number of hydrogen-bond acceptors (Lipinski definition) is 10. The van der Waals surface area contributed by atoms with Crippen LogP contribution < -0.4 is 0 Å². The maximum atomic E-state index is 12.8. The molecular weight excluding hydrogens is 873 g/mol. The Balaban J connectivity index is 0.00000152. The molecule has 1 fully saturated rings. The van der Waals surface area contributed by atoms with Crippen molar-refractivity contribution in [3.63, 3.8) is 0 Å². The van der Waals surface area contributed by atoms with Crippen molar-refractivity contribution in [1.82, 2.24) is 9.80 Å². The van der Waals surface area contributed by atoms with Crippen LogP contribution in [0.3, 0.4) is 0 Å². The van der Waals surface area contributed by atoms with Gasteiger partial charge in [0.2, 0.25) is 0 Å². The van der Waals surface area contributed by atoms with Crippen LogP contribution in [0, 0.1) is 0 Å². The highest BCUT2D eigenvalue weighted by Crippen LogP contribution is 2.18. The molecule has 410 valence electrons. The minimum Gasteiger partial charge on any atom is -0.481 e. The number of piperidine rings is 1. The third-order valence-corrected chi connectivity index (χ3v) is 13.1. The number of unbranched alkanes of at least 4 members (excludes halogenated alkanes) is 24. The lowest BCUT2D eigenvalue weighted by molar-refractivity contribution is -0.163. The minimum absolute atomic E-state index is 0.110. The predicted molar refractivity (Wildman–Crippen MR) is 284 cm³/mol. The number of carboxylic acid groups (broad SMARTS) is 1. The molecule has 0 aromatic rings. The number of aliphatic carboxylic acids is 1. The summed E-state index contributed by atoms with van der Waals surface area (Å²) >= 11 is 0. The third kappa shape index (κ3) is 45.6. The highest BCUT2D eigenvalue weighted by atomic mass is 16.7. The van der Waals surface area contributed by atoms with Crippen LogP contribution in [0.1, 0.15) is 266 Å². The molecule has 1 rings (SSSR count). The second-order valence-corrected chi connectivity index (χ2v) is 19.5. The number of nitrogens with zero attached hydrogens (tertiary/aromatic N) is 2. The zero-order valence-corrected chi connectivity index (χ0v) is 46.1. The molecule has 1 heterocycles. The fourth-order valence-corrected chi connectivity index (χ4v) is 8.53. The number of rotatable bonds is 49. The molecule has 0 aromatic heterocycles. The Morgan fingerprint density at radius 3 is 1.26 bits per heavy atom. The van der Waals surface area contributed by atoms with E-state index >= 15 is 0 Å². The van der Waals surface area contributed by atoms with Crippen molar-refractivity contribution in [2.75, 3.05) is 65.8 Å². The molecule has 12 nitrogen and oxygen atoms in total. The zero-order valence-electron chi connectivity index (χ0n) is 46.1. The van der Waals surface area contributed by atoms with Crippen LogP contribution >= 0.6 is 0 Å². The van der Waals surface area contributed by atoms with Crippen molar-refractivity contribution < 1.29 is 47.9 Å². The quantitative estimate of drug-likeness (QED) is 0.0355. The molecule has 0 bridgehead atoms. The lowest BCUT2D eigenvalue weighted by Crippen LogP contribution is -2.44. The normalized spacial score (nSPS) is 13.9. The number of likely N-dealkylation sites (tertiary alicyclic amines) is 1. The lowest BCUT2D eigenvalue weighted by atomic mass is 10.1. The molecule has 0 unspecified atom stereocenters. The SMILES string of the molecule is CCCCCCCCCOC(CCC(=O)O)OCCCCCCCCC.CCCCCCCCCOC(CCC(=O)O[C@@H]1CCCN(C(=O)OCCCN(CC)CC)C1)OCCCCCCCCC. The fourth-order valence-electron chi connectivity index (χ4n) is 8.53. The summed E-state index contributed by atoms with van der Waals surface area (Å²) in [4.78, 5) is 40.1. The van der Waals surface area contributed by atoms with E-state index in [1.165, 1.54) is 154 Å². The van der Waals surface area contributed by atoms with Crippen molar-refractivity contribution in [3.8, 4) is 0 Å². The molecular formula is C57H112N2O10. The van der Waals surface area contributed by atoms with Gasteiger partial charge in [-0.3, -0.25) is 9.59 Å². The summed E-state index contributed by atoms with van der Waals surface area (Å²) < 4.78 is 35.1. The van der Waals surface area contributed by atoms with E-state index in [0.29, 0.717) is 59.0 Å². The van der Waals surface area contributed by atoms with Crippen LogP contribution in [0.5, 0.6) is 0 Å². The largest absolute Gasteiger partial charge is 0.481 e. The standard InChI is InChI=1S/C35H68N2O6.C22H44O4/c1-5-9-11-13-15-17-19-28-40-34(41-29-20-18-16-14-12-10-6-2)25-24-33(38)43-32-23-21-27-37(31-32)35(39)42-30-22-26-36(7-3)8-4;1-3-5-7-9-11-13-15-19-25-22(18-17-21(23)24)26-20-16-14-12-10-8-6-4-2/h32,34H,5-31H2,1-4H3;22H,3-20H2,1-2H3,(H,23,24)/t32-;/m1./s1. The maximum Gasteiger partial charge on any atom is 0.409 e. The summed E-state index contributed by atoms with van der Waals surface area (Å²) in [5.74, 6) is -1.03. The van der Waals surface area contributed by atoms with Crippen LogP contribution in [0.4, 0.5) is 4.79 Å². The molecule has 0 saturated carbocycles. The molecule has 0 radical (unpaired) electrons. The molecule has 0 spiro atoms. The second kappa shape index (κ2) is 52.3. The zero-order chi connectivity index (χ0) is 50.7. The molecule has 1 aliphatic rings. The van der Waals surface area contributed by atoms with Gasteiger partial charge in [-0.25, -0.2) is 4.79 Å². The maximum absolute atomic E-state index is 12.8. The highest BCUT2D eigenvalue weighted by Gasteiger charge is 2.27. The molecule has 1 saturated heterocycles. The van der Waals surface area contributed by atoms with Gasteiger partial charge in [0.1, 0.15) is 6.10 Å². The molecule has 1 atom stereocenters. The Morgan fingerprint density at radius 2 is 0.884 bits per heavy atom. The Kier molecular flexibility index (Phi) is 50.8. The molecule has 12 heteroatoms. The van der Waals surface area contributed by atoms with Gasteiger partial charge >= 0.3 is 18.0 Å². The van der Waals surface area contributed by atoms with Gasteiger partial charge in [-0.2, -0.15) is 0 Å². The van der Waals surface area contributed by atoms with Gasteiger partial charge in [0.15, 0.2) is 12.6 Å². The van der Waals surface area contributed by atoms with Crippen LogP contribution in [-0.4, -0.2) is 117 Å². The van der Waals surface area contributed by atoms with Gasteiger partial charge in [0, 0.05) is 52.4 Å². The van der Waals surface area contributed by atoms with Crippen LogP contribution in [0.15, 0.2) is 0 Å². The number of ether oxygens (including phenoxy) is 6. The second-order valence-electron chi connectivity index (χ2n) is 19.5. The van der Waals surface area contributed by atoms with Crippen LogP contribution in [0.2, 0.25) is 0 Å². The van der Waals surface area contributed by atoms with Crippen LogP contribution in [0.25, 0.3) is 0 Å². The summed E-state index contributed by atoms with van der Waals surface area (Å²) in [6.45, 7) is 20.3. The number of esters is 1. The monoisotopic (exact) mass is 985 g/mol. The summed E-state index contributed by atoms with van der Waals surface area (Å²) in [7, 11) is 0. The topological polar surface area (TPSA) is 133 Å². The first-order valence-electron chi connectivity index (χ1n) is 29.3. The van der Waals surface area contributed by atoms with Crippen molar-refractivity contribution in [2.45, 2.75) is 285 Å². The number of amides is 1. The van der Waals surface area contributed by atoms with E-state index in [1.807, 2.05) is 0 Å². The Hall–Kier alpha value is -1.99. The highest BCUT2D eigenvalue weighted by molar-refractivity contribution is 5.70. The first-order chi connectivity index (χ1) is 33.7.